The van der Waals surface area contributed by atoms with Gasteiger partial charge in [-0.25, -0.2) is 0 Å². The number of nitrogens with zero attached hydrogens (tertiary/aromatic N) is 4. The van der Waals surface area contributed by atoms with Gasteiger partial charge in [0.05, 0.1) is 17.6 Å². The minimum Gasteiger partial charge on any atom is -0.390 e. The van der Waals surface area contributed by atoms with Gasteiger partial charge in [-0.2, -0.15) is 5.10 Å². The van der Waals surface area contributed by atoms with E-state index in [1.165, 1.54) is 49.2 Å². The number of hydrogen-bond acceptors (Lipinski definition) is 5. The van der Waals surface area contributed by atoms with E-state index < -0.39 is 11.0 Å². The molecular formula is C15H24N4O3. The molecule has 1 aliphatic carbocycles. The third kappa shape index (κ3) is 3.15. The van der Waals surface area contributed by atoms with Gasteiger partial charge in [0.15, 0.2) is 0 Å². The van der Waals surface area contributed by atoms with Crippen LogP contribution < -0.4 is 0 Å². The highest BCUT2D eigenvalue weighted by Gasteiger charge is 2.40. The van der Waals surface area contributed by atoms with E-state index >= 15 is 0 Å². The summed E-state index contributed by atoms with van der Waals surface area (Å²) >= 11 is 0. The molecule has 1 saturated heterocycles. The standard InChI is InChI=1S/C15H24N4O3/c1-11-6-12-4-2-3-5-15(12)18(11)10-14(20)9-17-8-13(7-16-17)19(21)22/h7-8,11-12,14-15,20H,2-6,9-10H2,1H3. The Labute approximate surface area is 130 Å². The summed E-state index contributed by atoms with van der Waals surface area (Å²) in [6.07, 6.45) is 8.44. The zero-order chi connectivity index (χ0) is 15.7. The van der Waals surface area contributed by atoms with Crippen LogP contribution in [-0.4, -0.2) is 49.4 Å². The highest BCUT2D eigenvalue weighted by atomic mass is 16.6. The topological polar surface area (TPSA) is 84.4 Å². The summed E-state index contributed by atoms with van der Waals surface area (Å²) in [4.78, 5) is 12.6. The smallest absolute Gasteiger partial charge is 0.306 e. The number of hydrogen-bond donors (Lipinski definition) is 1. The second-order valence-electron chi connectivity index (χ2n) is 6.72. The largest absolute Gasteiger partial charge is 0.390 e. The van der Waals surface area contributed by atoms with Gasteiger partial charge in [0, 0.05) is 18.6 Å². The lowest BCUT2D eigenvalue weighted by molar-refractivity contribution is -0.385. The molecule has 4 unspecified atom stereocenters. The van der Waals surface area contributed by atoms with E-state index in [2.05, 4.69) is 16.9 Å². The molecule has 1 aromatic rings. The fourth-order valence-corrected chi connectivity index (χ4v) is 4.18. The van der Waals surface area contributed by atoms with Gasteiger partial charge in [0.1, 0.15) is 12.4 Å². The molecule has 2 aliphatic rings. The molecule has 1 saturated carbocycles. The van der Waals surface area contributed by atoms with Crippen LogP contribution in [0.15, 0.2) is 12.4 Å². The van der Waals surface area contributed by atoms with Gasteiger partial charge >= 0.3 is 5.69 Å². The molecule has 0 spiro atoms. The van der Waals surface area contributed by atoms with E-state index in [1.54, 1.807) is 0 Å². The van der Waals surface area contributed by atoms with Gasteiger partial charge < -0.3 is 5.11 Å². The normalized spacial score (nSPS) is 30.2. The number of aromatic nitrogens is 2. The summed E-state index contributed by atoms with van der Waals surface area (Å²) in [6, 6.07) is 1.11. The minimum absolute atomic E-state index is 0.0333. The molecule has 122 valence electrons. The number of aliphatic hydroxyl groups is 1. The molecular weight excluding hydrogens is 284 g/mol. The number of aliphatic hydroxyl groups excluding tert-OH is 1. The second kappa shape index (κ2) is 6.34. The van der Waals surface area contributed by atoms with Crippen LogP contribution in [0.2, 0.25) is 0 Å². The molecule has 3 rings (SSSR count). The van der Waals surface area contributed by atoms with E-state index in [1.807, 2.05) is 0 Å². The predicted octanol–water partition coefficient (Wildman–Crippen LogP) is 1.81. The van der Waals surface area contributed by atoms with Gasteiger partial charge in [-0.3, -0.25) is 19.7 Å². The third-order valence-corrected chi connectivity index (χ3v) is 5.15. The SMILES string of the molecule is CC1CC2CCCCC2N1CC(O)Cn1cc([N+](=O)[O-])cn1. The Morgan fingerprint density at radius 3 is 2.95 bits per heavy atom. The van der Waals surface area contributed by atoms with E-state index in [-0.39, 0.29) is 5.69 Å². The molecule has 2 fully saturated rings. The van der Waals surface area contributed by atoms with E-state index in [9.17, 15) is 15.2 Å². The fraction of sp³-hybridized carbons (Fsp3) is 0.800. The summed E-state index contributed by atoms with van der Waals surface area (Å²) < 4.78 is 1.46. The molecule has 1 aliphatic heterocycles. The zero-order valence-electron chi connectivity index (χ0n) is 13.0. The Balaban J connectivity index is 1.58. The lowest BCUT2D eigenvalue weighted by Gasteiger charge is -2.34. The number of nitro groups is 1. The first kappa shape index (κ1) is 15.4. The van der Waals surface area contributed by atoms with Crippen molar-refractivity contribution in [3.8, 4) is 0 Å². The monoisotopic (exact) mass is 308 g/mol. The number of β-amino-alcohol motifs (C(OH)–C–C–N with tert-alkyl or cyclic N) is 1. The molecule has 0 aromatic carbocycles. The molecule has 7 nitrogen and oxygen atoms in total. The summed E-state index contributed by atoms with van der Waals surface area (Å²) in [7, 11) is 0. The van der Waals surface area contributed by atoms with Gasteiger partial charge in [0.2, 0.25) is 0 Å². The molecule has 7 heteroatoms. The first-order valence-electron chi connectivity index (χ1n) is 8.15. The lowest BCUT2D eigenvalue weighted by atomic mass is 9.85. The van der Waals surface area contributed by atoms with E-state index in [4.69, 9.17) is 0 Å². The molecule has 0 radical (unpaired) electrons. The average molecular weight is 308 g/mol. The quantitative estimate of drug-likeness (QED) is 0.662. The van der Waals surface area contributed by atoms with Gasteiger partial charge in [0.25, 0.3) is 0 Å². The predicted molar refractivity (Wildman–Crippen MR) is 81.4 cm³/mol. The van der Waals surface area contributed by atoms with Crippen molar-refractivity contribution in [2.75, 3.05) is 6.54 Å². The first-order chi connectivity index (χ1) is 10.5. The highest BCUT2D eigenvalue weighted by Crippen LogP contribution is 2.39. The van der Waals surface area contributed by atoms with Crippen LogP contribution in [0.3, 0.4) is 0 Å². The van der Waals surface area contributed by atoms with E-state index in [0.717, 1.165) is 5.92 Å². The summed E-state index contributed by atoms with van der Waals surface area (Å²) in [6.45, 7) is 3.16. The maximum absolute atomic E-state index is 10.7. The number of likely N-dealkylation sites (tertiary alicyclic amines) is 1. The second-order valence-corrected chi connectivity index (χ2v) is 6.72. The highest BCUT2D eigenvalue weighted by molar-refractivity contribution is 5.20. The van der Waals surface area contributed by atoms with Crippen LogP contribution in [0, 0.1) is 16.0 Å². The van der Waals surface area contributed by atoms with Crippen LogP contribution in [0.1, 0.15) is 39.0 Å². The Bertz CT molecular complexity index is 533. The number of fused-ring (bicyclic) bond motifs is 1. The van der Waals surface area contributed by atoms with Crippen molar-refractivity contribution in [2.24, 2.45) is 5.92 Å². The Morgan fingerprint density at radius 2 is 2.23 bits per heavy atom. The van der Waals surface area contributed by atoms with Crippen LogP contribution >= 0.6 is 0 Å². The Hall–Kier alpha value is -1.47. The molecule has 4 atom stereocenters. The summed E-state index contributed by atoms with van der Waals surface area (Å²) in [5.74, 6) is 0.779. The van der Waals surface area contributed by atoms with E-state index in [0.29, 0.717) is 25.2 Å². The van der Waals surface area contributed by atoms with Crippen molar-refractivity contribution in [3.63, 3.8) is 0 Å². The van der Waals surface area contributed by atoms with Gasteiger partial charge in [-0.1, -0.05) is 12.8 Å². The maximum Gasteiger partial charge on any atom is 0.306 e. The van der Waals surface area contributed by atoms with Crippen molar-refractivity contribution < 1.29 is 10.0 Å². The van der Waals surface area contributed by atoms with Crippen LogP contribution in [0.25, 0.3) is 0 Å². The number of rotatable bonds is 5. The molecule has 0 amide bonds. The average Bonchev–Trinajstić information content (AvgIpc) is 3.05. The van der Waals surface area contributed by atoms with Crippen LogP contribution in [0.4, 0.5) is 5.69 Å². The van der Waals surface area contributed by atoms with Crippen molar-refractivity contribution in [1.29, 1.82) is 0 Å². The van der Waals surface area contributed by atoms with Crippen molar-refractivity contribution in [3.05, 3.63) is 22.5 Å². The van der Waals surface area contributed by atoms with Crippen LogP contribution in [-0.2, 0) is 6.54 Å². The van der Waals surface area contributed by atoms with Crippen molar-refractivity contribution >= 4 is 5.69 Å². The maximum atomic E-state index is 10.7. The zero-order valence-corrected chi connectivity index (χ0v) is 13.0. The molecule has 0 bridgehead atoms. The Kier molecular flexibility index (Phi) is 4.44. The first-order valence-corrected chi connectivity index (χ1v) is 8.15. The van der Waals surface area contributed by atoms with Gasteiger partial charge in [-0.15, -0.1) is 0 Å². The fourth-order valence-electron chi connectivity index (χ4n) is 4.18. The molecule has 2 heterocycles. The van der Waals surface area contributed by atoms with Gasteiger partial charge in [-0.05, 0) is 32.1 Å². The summed E-state index contributed by atoms with van der Waals surface area (Å²) in [5, 5.41) is 25.0. The molecule has 1 aromatic heterocycles. The summed E-state index contributed by atoms with van der Waals surface area (Å²) in [5.41, 5.74) is -0.0333. The lowest BCUT2D eigenvalue weighted by Crippen LogP contribution is -2.43. The molecule has 1 N–H and O–H groups in total. The van der Waals surface area contributed by atoms with Crippen LogP contribution in [0.5, 0.6) is 0 Å². The minimum atomic E-state index is -0.553. The van der Waals surface area contributed by atoms with Crippen molar-refractivity contribution in [1.82, 2.24) is 14.7 Å². The van der Waals surface area contributed by atoms with Crippen molar-refractivity contribution in [2.45, 2.75) is 63.8 Å². The Morgan fingerprint density at radius 1 is 1.45 bits per heavy atom. The third-order valence-electron chi connectivity index (χ3n) is 5.15. The molecule has 22 heavy (non-hydrogen) atoms.